The molecule has 1 saturated heterocycles. The Labute approximate surface area is 120 Å². The van der Waals surface area contributed by atoms with Crippen LogP contribution < -0.4 is 5.73 Å². The van der Waals surface area contributed by atoms with E-state index >= 15 is 0 Å². The highest BCUT2D eigenvalue weighted by molar-refractivity contribution is 5.79. The van der Waals surface area contributed by atoms with Crippen LogP contribution >= 0.6 is 0 Å². The fourth-order valence-corrected chi connectivity index (χ4v) is 2.74. The normalized spacial score (nSPS) is 19.6. The molecule has 20 heavy (non-hydrogen) atoms. The molecule has 4 heteroatoms. The Bertz CT molecular complexity index is 427. The van der Waals surface area contributed by atoms with Crippen molar-refractivity contribution in [2.24, 2.45) is 17.6 Å². The van der Waals surface area contributed by atoms with Crippen LogP contribution in [0, 0.1) is 11.8 Å². The van der Waals surface area contributed by atoms with Crippen molar-refractivity contribution in [3.05, 3.63) is 35.9 Å². The lowest BCUT2D eigenvalue weighted by Crippen LogP contribution is -2.44. The van der Waals surface area contributed by atoms with Crippen LogP contribution in [-0.2, 0) is 4.79 Å². The standard InChI is InChI=1S/C16H24N2O2/c1-12(15(17)14-5-3-2-4-6-14)16(20)18-9-7-13(11-19)8-10-18/h2-6,12-13,15,19H,7-11,17H2,1H3. The number of carbonyl (C=O) groups excluding carboxylic acids is 1. The SMILES string of the molecule is CC(C(=O)N1CCC(CO)CC1)C(N)c1ccccc1. The molecule has 4 nitrogen and oxygen atoms in total. The average Bonchev–Trinajstić information content (AvgIpc) is 2.53. The molecule has 1 fully saturated rings. The second-order valence-electron chi connectivity index (χ2n) is 5.68. The minimum Gasteiger partial charge on any atom is -0.396 e. The third-order valence-electron chi connectivity index (χ3n) is 4.30. The van der Waals surface area contributed by atoms with E-state index in [1.54, 1.807) is 0 Å². The first-order valence-corrected chi connectivity index (χ1v) is 7.33. The molecule has 0 saturated carbocycles. The van der Waals surface area contributed by atoms with Gasteiger partial charge in [0, 0.05) is 25.7 Å². The van der Waals surface area contributed by atoms with Crippen molar-refractivity contribution in [1.82, 2.24) is 4.90 Å². The molecule has 1 aliphatic rings. The molecular weight excluding hydrogens is 252 g/mol. The number of hydrogen-bond donors (Lipinski definition) is 2. The summed E-state index contributed by atoms with van der Waals surface area (Å²) in [4.78, 5) is 14.4. The summed E-state index contributed by atoms with van der Waals surface area (Å²) in [5.41, 5.74) is 7.21. The van der Waals surface area contributed by atoms with E-state index in [-0.39, 0.29) is 24.5 Å². The van der Waals surface area contributed by atoms with Gasteiger partial charge in [0.25, 0.3) is 0 Å². The summed E-state index contributed by atoms with van der Waals surface area (Å²) in [6.07, 6.45) is 1.77. The minimum atomic E-state index is -0.265. The van der Waals surface area contributed by atoms with Gasteiger partial charge in [-0.1, -0.05) is 37.3 Å². The summed E-state index contributed by atoms with van der Waals surface area (Å²) in [6.45, 7) is 3.59. The van der Waals surface area contributed by atoms with E-state index in [1.807, 2.05) is 42.2 Å². The molecule has 2 rings (SSSR count). The average molecular weight is 276 g/mol. The monoisotopic (exact) mass is 276 g/mol. The molecule has 1 heterocycles. The van der Waals surface area contributed by atoms with Crippen LogP contribution in [0.4, 0.5) is 0 Å². The lowest BCUT2D eigenvalue weighted by atomic mass is 9.92. The van der Waals surface area contributed by atoms with E-state index in [0.717, 1.165) is 31.5 Å². The van der Waals surface area contributed by atoms with Crippen molar-refractivity contribution in [3.63, 3.8) is 0 Å². The van der Waals surface area contributed by atoms with Crippen molar-refractivity contribution in [2.75, 3.05) is 19.7 Å². The summed E-state index contributed by atoms with van der Waals surface area (Å²) < 4.78 is 0. The van der Waals surface area contributed by atoms with Gasteiger partial charge in [-0.2, -0.15) is 0 Å². The van der Waals surface area contributed by atoms with Crippen molar-refractivity contribution >= 4 is 5.91 Å². The molecule has 1 aliphatic heterocycles. The number of aliphatic hydroxyl groups is 1. The smallest absolute Gasteiger partial charge is 0.227 e. The van der Waals surface area contributed by atoms with Crippen LogP contribution in [0.15, 0.2) is 30.3 Å². The van der Waals surface area contributed by atoms with Gasteiger partial charge in [-0.05, 0) is 24.3 Å². The number of likely N-dealkylation sites (tertiary alicyclic amines) is 1. The van der Waals surface area contributed by atoms with E-state index in [9.17, 15) is 4.79 Å². The Hall–Kier alpha value is -1.39. The molecular formula is C16H24N2O2. The predicted molar refractivity (Wildman–Crippen MR) is 78.9 cm³/mol. The maximum absolute atomic E-state index is 12.5. The van der Waals surface area contributed by atoms with Crippen LogP contribution in [0.1, 0.15) is 31.4 Å². The van der Waals surface area contributed by atoms with Gasteiger partial charge < -0.3 is 15.7 Å². The molecule has 2 atom stereocenters. The highest BCUT2D eigenvalue weighted by Crippen LogP contribution is 2.24. The summed E-state index contributed by atoms with van der Waals surface area (Å²) in [5, 5.41) is 9.14. The van der Waals surface area contributed by atoms with Crippen molar-refractivity contribution in [2.45, 2.75) is 25.8 Å². The van der Waals surface area contributed by atoms with E-state index in [0.29, 0.717) is 5.92 Å². The molecule has 1 aromatic carbocycles. The highest BCUT2D eigenvalue weighted by atomic mass is 16.3. The first-order valence-electron chi connectivity index (χ1n) is 7.33. The lowest BCUT2D eigenvalue weighted by Gasteiger charge is -2.34. The summed E-state index contributed by atoms with van der Waals surface area (Å²) in [6, 6.07) is 9.50. The first kappa shape index (κ1) is 15.0. The van der Waals surface area contributed by atoms with Crippen LogP contribution in [0.25, 0.3) is 0 Å². The number of aliphatic hydroxyl groups excluding tert-OH is 1. The number of benzene rings is 1. The van der Waals surface area contributed by atoms with Gasteiger partial charge >= 0.3 is 0 Å². The zero-order chi connectivity index (χ0) is 14.5. The number of nitrogens with zero attached hydrogens (tertiary/aromatic N) is 1. The fourth-order valence-electron chi connectivity index (χ4n) is 2.74. The molecule has 110 valence electrons. The van der Waals surface area contributed by atoms with Crippen molar-refractivity contribution in [3.8, 4) is 0 Å². The summed E-state index contributed by atoms with van der Waals surface area (Å²) >= 11 is 0. The van der Waals surface area contributed by atoms with Gasteiger partial charge in [0.2, 0.25) is 5.91 Å². The van der Waals surface area contributed by atoms with Crippen molar-refractivity contribution < 1.29 is 9.90 Å². The second-order valence-corrected chi connectivity index (χ2v) is 5.68. The topological polar surface area (TPSA) is 66.6 Å². The van der Waals surface area contributed by atoms with E-state index in [1.165, 1.54) is 0 Å². The molecule has 1 amide bonds. The molecule has 2 unspecified atom stereocenters. The van der Waals surface area contributed by atoms with Gasteiger partial charge in [-0.15, -0.1) is 0 Å². The van der Waals surface area contributed by atoms with E-state index in [4.69, 9.17) is 10.8 Å². The van der Waals surface area contributed by atoms with Gasteiger partial charge in [0.15, 0.2) is 0 Å². The Morgan fingerprint density at radius 2 is 1.95 bits per heavy atom. The van der Waals surface area contributed by atoms with Gasteiger partial charge in [-0.25, -0.2) is 0 Å². The Balaban J connectivity index is 1.95. The number of nitrogens with two attached hydrogens (primary N) is 1. The van der Waals surface area contributed by atoms with E-state index in [2.05, 4.69) is 0 Å². The number of carbonyl (C=O) groups is 1. The molecule has 0 radical (unpaired) electrons. The lowest BCUT2D eigenvalue weighted by molar-refractivity contribution is -0.137. The zero-order valence-corrected chi connectivity index (χ0v) is 12.0. The number of hydrogen-bond acceptors (Lipinski definition) is 3. The zero-order valence-electron chi connectivity index (χ0n) is 12.0. The maximum Gasteiger partial charge on any atom is 0.227 e. The maximum atomic E-state index is 12.5. The third-order valence-corrected chi connectivity index (χ3v) is 4.30. The molecule has 0 aromatic heterocycles. The molecule has 1 aromatic rings. The van der Waals surface area contributed by atoms with Crippen molar-refractivity contribution in [1.29, 1.82) is 0 Å². The molecule has 0 aliphatic carbocycles. The Morgan fingerprint density at radius 3 is 2.50 bits per heavy atom. The van der Waals surface area contributed by atoms with Crippen LogP contribution in [-0.4, -0.2) is 35.6 Å². The number of rotatable bonds is 4. The van der Waals surface area contributed by atoms with Crippen LogP contribution in [0.3, 0.4) is 0 Å². The number of amides is 1. The molecule has 3 N–H and O–H groups in total. The van der Waals surface area contributed by atoms with Gasteiger partial charge in [-0.3, -0.25) is 4.79 Å². The highest BCUT2D eigenvalue weighted by Gasteiger charge is 2.29. The quantitative estimate of drug-likeness (QED) is 0.877. The number of piperidine rings is 1. The summed E-state index contributed by atoms with van der Waals surface area (Å²) in [7, 11) is 0. The van der Waals surface area contributed by atoms with Crippen LogP contribution in [0.5, 0.6) is 0 Å². The molecule has 0 bridgehead atoms. The largest absolute Gasteiger partial charge is 0.396 e. The van der Waals surface area contributed by atoms with Gasteiger partial charge in [0.1, 0.15) is 0 Å². The minimum absolute atomic E-state index is 0.123. The third kappa shape index (κ3) is 3.38. The van der Waals surface area contributed by atoms with Gasteiger partial charge in [0.05, 0.1) is 5.92 Å². The fraction of sp³-hybridized carbons (Fsp3) is 0.562. The Morgan fingerprint density at radius 1 is 1.35 bits per heavy atom. The van der Waals surface area contributed by atoms with Crippen LogP contribution in [0.2, 0.25) is 0 Å². The first-order chi connectivity index (χ1) is 9.63. The summed E-state index contributed by atoms with van der Waals surface area (Å²) in [5.74, 6) is 0.248. The molecule has 0 spiro atoms. The Kier molecular flexibility index (Phi) is 5.15. The predicted octanol–water partition coefficient (Wildman–Crippen LogP) is 1.55. The van der Waals surface area contributed by atoms with E-state index < -0.39 is 0 Å². The second kappa shape index (κ2) is 6.86.